The molecule has 4 nitrogen and oxygen atoms in total. The third kappa shape index (κ3) is 3.19. The van der Waals surface area contributed by atoms with Gasteiger partial charge in [-0.05, 0) is 46.5 Å². The summed E-state index contributed by atoms with van der Waals surface area (Å²) in [7, 11) is 0. The van der Waals surface area contributed by atoms with Crippen LogP contribution in [0.15, 0.2) is 0 Å². The van der Waals surface area contributed by atoms with Gasteiger partial charge < -0.3 is 4.74 Å². The summed E-state index contributed by atoms with van der Waals surface area (Å²) in [5.41, 5.74) is 6.32. The fraction of sp³-hybridized carbons (Fsp3) is 0.923. The molecule has 4 heteroatoms. The predicted molar refractivity (Wildman–Crippen MR) is 66.3 cm³/mol. The van der Waals surface area contributed by atoms with Crippen molar-refractivity contribution in [2.75, 3.05) is 6.54 Å². The van der Waals surface area contributed by atoms with E-state index in [1.54, 1.807) is 0 Å². The molecule has 0 aromatic heterocycles. The lowest BCUT2D eigenvalue weighted by Gasteiger charge is -2.37. The molecular formula is C13H24N2O2. The van der Waals surface area contributed by atoms with Gasteiger partial charge in [0.1, 0.15) is 5.60 Å². The SMILES string of the molecule is CC(C)(C)OC(=O)C1CCCC2(CCNN2)C1. The first-order chi connectivity index (χ1) is 7.90. The van der Waals surface area contributed by atoms with E-state index in [0.29, 0.717) is 0 Å². The number of rotatable bonds is 1. The maximum Gasteiger partial charge on any atom is 0.309 e. The lowest BCUT2D eigenvalue weighted by atomic mass is 9.75. The predicted octanol–water partition coefficient (Wildman–Crippen LogP) is 1.75. The third-order valence-corrected chi connectivity index (χ3v) is 3.67. The number of ether oxygens (including phenoxy) is 1. The Morgan fingerprint density at radius 3 is 2.71 bits per heavy atom. The van der Waals surface area contributed by atoms with Gasteiger partial charge in [0.15, 0.2) is 0 Å². The highest BCUT2D eigenvalue weighted by atomic mass is 16.6. The van der Waals surface area contributed by atoms with E-state index >= 15 is 0 Å². The van der Waals surface area contributed by atoms with E-state index in [1.807, 2.05) is 20.8 Å². The van der Waals surface area contributed by atoms with Crippen molar-refractivity contribution in [3.8, 4) is 0 Å². The van der Waals surface area contributed by atoms with Crippen LogP contribution in [-0.4, -0.2) is 23.7 Å². The second-order valence-corrected chi connectivity index (χ2v) is 6.41. The van der Waals surface area contributed by atoms with Gasteiger partial charge in [-0.1, -0.05) is 6.42 Å². The molecule has 1 aliphatic heterocycles. The van der Waals surface area contributed by atoms with Crippen LogP contribution in [0, 0.1) is 5.92 Å². The normalized spacial score (nSPS) is 33.9. The van der Waals surface area contributed by atoms with Crippen molar-refractivity contribution in [2.24, 2.45) is 5.92 Å². The summed E-state index contributed by atoms with van der Waals surface area (Å²) in [6.07, 6.45) is 5.28. The first kappa shape index (κ1) is 12.8. The van der Waals surface area contributed by atoms with Crippen LogP contribution in [0.3, 0.4) is 0 Å². The Bertz CT molecular complexity index is 290. The molecule has 0 radical (unpaired) electrons. The van der Waals surface area contributed by atoms with Gasteiger partial charge in [-0.25, -0.2) is 0 Å². The molecule has 98 valence electrons. The van der Waals surface area contributed by atoms with Crippen molar-refractivity contribution in [3.63, 3.8) is 0 Å². The van der Waals surface area contributed by atoms with Crippen molar-refractivity contribution in [3.05, 3.63) is 0 Å². The van der Waals surface area contributed by atoms with Gasteiger partial charge in [-0.2, -0.15) is 0 Å². The summed E-state index contributed by atoms with van der Waals surface area (Å²) in [4.78, 5) is 12.1. The van der Waals surface area contributed by atoms with E-state index in [-0.39, 0.29) is 23.0 Å². The highest BCUT2D eigenvalue weighted by Gasteiger charge is 2.41. The molecule has 2 unspecified atom stereocenters. The van der Waals surface area contributed by atoms with Crippen molar-refractivity contribution in [2.45, 2.75) is 64.0 Å². The van der Waals surface area contributed by atoms with Crippen LogP contribution in [0.25, 0.3) is 0 Å². The fourth-order valence-corrected chi connectivity index (χ4v) is 2.90. The standard InChI is InChI=1S/C13H24N2O2/c1-12(2,3)17-11(16)10-5-4-6-13(9-10)7-8-14-15-13/h10,14-15H,4-9H2,1-3H3. The Morgan fingerprint density at radius 2 is 2.12 bits per heavy atom. The van der Waals surface area contributed by atoms with Crippen LogP contribution in [0.4, 0.5) is 0 Å². The summed E-state index contributed by atoms with van der Waals surface area (Å²) in [5.74, 6) is 0.0423. The van der Waals surface area contributed by atoms with Crippen molar-refractivity contribution in [1.82, 2.24) is 10.9 Å². The topological polar surface area (TPSA) is 50.4 Å². The average Bonchev–Trinajstić information content (AvgIpc) is 2.64. The van der Waals surface area contributed by atoms with E-state index in [1.165, 1.54) is 6.42 Å². The lowest BCUT2D eigenvalue weighted by Crippen LogP contribution is -2.48. The number of hydrazine groups is 1. The Balaban J connectivity index is 1.95. The maximum absolute atomic E-state index is 12.1. The monoisotopic (exact) mass is 240 g/mol. The molecule has 0 bridgehead atoms. The summed E-state index contributed by atoms with van der Waals surface area (Å²) in [5, 5.41) is 0. The summed E-state index contributed by atoms with van der Waals surface area (Å²) >= 11 is 0. The molecule has 2 aliphatic rings. The van der Waals surface area contributed by atoms with Crippen molar-refractivity contribution < 1.29 is 9.53 Å². The Labute approximate surface area is 103 Å². The van der Waals surface area contributed by atoms with E-state index in [2.05, 4.69) is 10.9 Å². The molecule has 2 rings (SSSR count). The molecule has 1 spiro atoms. The highest BCUT2D eigenvalue weighted by Crippen LogP contribution is 2.37. The van der Waals surface area contributed by atoms with Gasteiger partial charge in [0.2, 0.25) is 0 Å². The van der Waals surface area contributed by atoms with Gasteiger partial charge in [0.25, 0.3) is 0 Å². The van der Waals surface area contributed by atoms with Crippen LogP contribution in [0.2, 0.25) is 0 Å². The molecule has 1 saturated heterocycles. The number of hydrogen-bond acceptors (Lipinski definition) is 4. The molecule has 1 heterocycles. The van der Waals surface area contributed by atoms with Crippen molar-refractivity contribution >= 4 is 5.97 Å². The van der Waals surface area contributed by atoms with Crippen LogP contribution in [0.1, 0.15) is 52.9 Å². The smallest absolute Gasteiger partial charge is 0.309 e. The van der Waals surface area contributed by atoms with Crippen LogP contribution < -0.4 is 10.9 Å². The second-order valence-electron chi connectivity index (χ2n) is 6.41. The highest BCUT2D eigenvalue weighted by molar-refractivity contribution is 5.73. The Morgan fingerprint density at radius 1 is 1.35 bits per heavy atom. The van der Waals surface area contributed by atoms with E-state index in [0.717, 1.165) is 32.2 Å². The fourth-order valence-electron chi connectivity index (χ4n) is 2.90. The molecule has 2 N–H and O–H groups in total. The van der Waals surface area contributed by atoms with Gasteiger partial charge in [-0.3, -0.25) is 15.6 Å². The maximum atomic E-state index is 12.1. The zero-order valence-electron chi connectivity index (χ0n) is 11.1. The molecule has 0 aromatic carbocycles. The van der Waals surface area contributed by atoms with Gasteiger partial charge >= 0.3 is 5.97 Å². The minimum absolute atomic E-state index is 0.0229. The average molecular weight is 240 g/mol. The molecule has 0 amide bonds. The van der Waals surface area contributed by atoms with Crippen LogP contribution >= 0.6 is 0 Å². The summed E-state index contributed by atoms with van der Waals surface area (Å²) in [6.45, 7) is 6.79. The van der Waals surface area contributed by atoms with Gasteiger partial charge in [0.05, 0.1) is 5.92 Å². The first-order valence-electron chi connectivity index (χ1n) is 6.63. The Kier molecular flexibility index (Phi) is 3.46. The molecule has 1 saturated carbocycles. The number of hydrogen-bond donors (Lipinski definition) is 2. The van der Waals surface area contributed by atoms with E-state index in [9.17, 15) is 4.79 Å². The van der Waals surface area contributed by atoms with E-state index < -0.39 is 0 Å². The molecule has 2 fully saturated rings. The van der Waals surface area contributed by atoms with Crippen LogP contribution in [-0.2, 0) is 9.53 Å². The van der Waals surface area contributed by atoms with Crippen LogP contribution in [0.5, 0.6) is 0 Å². The first-order valence-corrected chi connectivity index (χ1v) is 6.63. The number of carbonyl (C=O) groups excluding carboxylic acids is 1. The minimum atomic E-state index is -0.372. The molecule has 2 atom stereocenters. The number of nitrogens with one attached hydrogen (secondary N) is 2. The zero-order chi connectivity index (χ0) is 12.5. The largest absolute Gasteiger partial charge is 0.460 e. The minimum Gasteiger partial charge on any atom is -0.460 e. The van der Waals surface area contributed by atoms with Gasteiger partial charge in [-0.15, -0.1) is 0 Å². The quantitative estimate of drug-likeness (QED) is 0.686. The lowest BCUT2D eigenvalue weighted by molar-refractivity contribution is -0.162. The Hall–Kier alpha value is -0.610. The number of esters is 1. The molecular weight excluding hydrogens is 216 g/mol. The number of carbonyl (C=O) groups is 1. The molecule has 17 heavy (non-hydrogen) atoms. The van der Waals surface area contributed by atoms with Gasteiger partial charge in [0, 0.05) is 12.1 Å². The third-order valence-electron chi connectivity index (χ3n) is 3.67. The molecule has 0 aromatic rings. The summed E-state index contributed by atoms with van der Waals surface area (Å²) in [6, 6.07) is 0. The second kappa shape index (κ2) is 4.58. The summed E-state index contributed by atoms with van der Waals surface area (Å²) < 4.78 is 5.49. The zero-order valence-corrected chi connectivity index (χ0v) is 11.1. The van der Waals surface area contributed by atoms with Crippen molar-refractivity contribution in [1.29, 1.82) is 0 Å². The molecule has 1 aliphatic carbocycles. The van der Waals surface area contributed by atoms with E-state index in [4.69, 9.17) is 4.74 Å².